The average Bonchev–Trinajstić information content (AvgIpc) is 1.95. The maximum Gasteiger partial charge on any atom is 4.00 e. The monoisotopic (exact) mass is 282 g/mol. The van der Waals surface area contributed by atoms with E-state index in [4.69, 9.17) is 0 Å². The van der Waals surface area contributed by atoms with Gasteiger partial charge in [-0.15, -0.1) is 6.92 Å². The zero-order valence-corrected chi connectivity index (χ0v) is 11.6. The van der Waals surface area contributed by atoms with E-state index in [1.807, 2.05) is 0 Å². The van der Waals surface area contributed by atoms with Crippen LogP contribution in [-0.4, -0.2) is 0 Å². The van der Waals surface area contributed by atoms with Crippen LogP contribution >= 0.6 is 0 Å². The SMILES string of the molecule is CC1=[C-]C(C)(C)C(C)=C1C.[F-].[F-].[F-].[Zr+4]. The van der Waals surface area contributed by atoms with Crippen LogP contribution in [0.3, 0.4) is 0 Å². The Morgan fingerprint density at radius 3 is 1.36 bits per heavy atom. The van der Waals surface area contributed by atoms with Crippen molar-refractivity contribution in [3.8, 4) is 0 Å². The fourth-order valence-corrected chi connectivity index (χ4v) is 1.41. The summed E-state index contributed by atoms with van der Waals surface area (Å²) in [6.07, 6.45) is 3.44. The molecule has 0 saturated heterocycles. The van der Waals surface area contributed by atoms with Gasteiger partial charge in [0.25, 0.3) is 0 Å². The van der Waals surface area contributed by atoms with Crippen LogP contribution < -0.4 is 14.1 Å². The molecule has 0 heterocycles. The fourth-order valence-electron chi connectivity index (χ4n) is 1.41. The predicted molar refractivity (Wildman–Crippen MR) is 44.6 cm³/mol. The second kappa shape index (κ2) is 7.45. The van der Waals surface area contributed by atoms with E-state index in [1.165, 1.54) is 16.7 Å². The molecule has 0 saturated carbocycles. The second-order valence-electron chi connectivity index (χ2n) is 3.62. The Balaban J connectivity index is -0.000000125. The molecule has 0 aromatic rings. The molecule has 0 nitrogen and oxygen atoms in total. The van der Waals surface area contributed by atoms with Crippen LogP contribution in [0.25, 0.3) is 0 Å². The molecule has 0 aliphatic heterocycles. The number of hydrogen-bond donors (Lipinski definition) is 0. The second-order valence-corrected chi connectivity index (χ2v) is 3.62. The first-order chi connectivity index (χ1) is 4.45. The maximum atomic E-state index is 3.44. The molecule has 0 N–H and O–H groups in total. The van der Waals surface area contributed by atoms with E-state index in [0.29, 0.717) is 0 Å². The third-order valence-electron chi connectivity index (χ3n) is 2.56. The van der Waals surface area contributed by atoms with Gasteiger partial charge >= 0.3 is 26.2 Å². The van der Waals surface area contributed by atoms with Gasteiger partial charge in [0.15, 0.2) is 0 Å². The van der Waals surface area contributed by atoms with E-state index < -0.39 is 0 Å². The van der Waals surface area contributed by atoms with Gasteiger partial charge in [-0.25, -0.2) is 5.57 Å². The van der Waals surface area contributed by atoms with Crippen molar-refractivity contribution in [1.29, 1.82) is 0 Å². The minimum Gasteiger partial charge on any atom is -1.00 e. The quantitative estimate of drug-likeness (QED) is 0.389. The first-order valence-electron chi connectivity index (χ1n) is 3.75. The van der Waals surface area contributed by atoms with Crippen LogP contribution in [0.5, 0.6) is 0 Å². The van der Waals surface area contributed by atoms with Crippen molar-refractivity contribution in [2.75, 3.05) is 0 Å². The van der Waals surface area contributed by atoms with Crippen molar-refractivity contribution in [3.63, 3.8) is 0 Å². The molecule has 0 atom stereocenters. The molecule has 0 fully saturated rings. The zero-order valence-electron chi connectivity index (χ0n) is 9.13. The van der Waals surface area contributed by atoms with Crippen molar-refractivity contribution in [2.24, 2.45) is 5.41 Å². The van der Waals surface area contributed by atoms with E-state index in [2.05, 4.69) is 40.7 Å². The van der Waals surface area contributed by atoms with E-state index in [-0.39, 0.29) is 45.7 Å². The van der Waals surface area contributed by atoms with Gasteiger partial charge in [-0.1, -0.05) is 33.1 Å². The largest absolute Gasteiger partial charge is 4.00 e. The molecule has 14 heavy (non-hydrogen) atoms. The van der Waals surface area contributed by atoms with Gasteiger partial charge in [0.05, 0.1) is 0 Å². The van der Waals surface area contributed by atoms with Gasteiger partial charge in [-0.05, 0) is 0 Å². The summed E-state index contributed by atoms with van der Waals surface area (Å²) >= 11 is 0. The van der Waals surface area contributed by atoms with E-state index in [9.17, 15) is 0 Å². The van der Waals surface area contributed by atoms with Crippen LogP contribution in [0.2, 0.25) is 0 Å². The molecule has 0 aromatic carbocycles. The van der Waals surface area contributed by atoms with Crippen molar-refractivity contribution in [3.05, 3.63) is 22.8 Å². The molecule has 1 aliphatic carbocycles. The van der Waals surface area contributed by atoms with Crippen molar-refractivity contribution in [1.82, 2.24) is 0 Å². The Labute approximate surface area is 103 Å². The summed E-state index contributed by atoms with van der Waals surface area (Å²) in [6.45, 7) is 10.9. The molecular weight excluding hydrogens is 268 g/mol. The van der Waals surface area contributed by atoms with Gasteiger partial charge in [0, 0.05) is 0 Å². The minimum absolute atomic E-state index is 0. The summed E-state index contributed by atoms with van der Waals surface area (Å²) in [5.74, 6) is 0. The van der Waals surface area contributed by atoms with Crippen LogP contribution in [0.4, 0.5) is 0 Å². The summed E-state index contributed by atoms with van der Waals surface area (Å²) in [4.78, 5) is 0. The summed E-state index contributed by atoms with van der Waals surface area (Å²) in [5, 5.41) is 0. The molecule has 80 valence electrons. The fraction of sp³-hybridized carbons (Fsp3) is 0.600. The summed E-state index contributed by atoms with van der Waals surface area (Å²) in [5.41, 5.74) is 4.39. The van der Waals surface area contributed by atoms with Crippen molar-refractivity contribution in [2.45, 2.75) is 34.6 Å². The summed E-state index contributed by atoms with van der Waals surface area (Å²) < 4.78 is 0. The standard InChI is InChI=1S/C10H15.3FH.Zr/c1-7-6-10(4,5)9(3)8(7)2;;;;/h1-5H3;3*1H;/q-1;;;;+4/p-3. The molecule has 0 spiro atoms. The molecule has 0 bridgehead atoms. The number of allylic oxidation sites excluding steroid dienone is 4. The zero-order chi connectivity index (χ0) is 7.94. The molecule has 0 unspecified atom stereocenters. The number of rotatable bonds is 0. The van der Waals surface area contributed by atoms with Crippen LogP contribution in [0.15, 0.2) is 16.7 Å². The molecule has 0 radical (unpaired) electrons. The third-order valence-corrected chi connectivity index (χ3v) is 2.56. The van der Waals surface area contributed by atoms with Gasteiger partial charge in [-0.2, -0.15) is 11.1 Å². The van der Waals surface area contributed by atoms with Gasteiger partial charge < -0.3 is 14.1 Å². The topological polar surface area (TPSA) is 0 Å². The average molecular weight is 283 g/mol. The Morgan fingerprint density at radius 1 is 0.929 bits per heavy atom. The van der Waals surface area contributed by atoms with E-state index >= 15 is 0 Å². The summed E-state index contributed by atoms with van der Waals surface area (Å²) in [6, 6.07) is 0. The minimum atomic E-state index is 0. The first kappa shape index (κ1) is 23.8. The van der Waals surface area contributed by atoms with Gasteiger partial charge in [0.1, 0.15) is 0 Å². The van der Waals surface area contributed by atoms with Gasteiger partial charge in [0.2, 0.25) is 0 Å². The van der Waals surface area contributed by atoms with E-state index in [0.717, 1.165) is 0 Å². The Kier molecular flexibility index (Phi) is 12.6. The Morgan fingerprint density at radius 2 is 1.29 bits per heavy atom. The van der Waals surface area contributed by atoms with Gasteiger partial charge in [-0.3, -0.25) is 6.08 Å². The smallest absolute Gasteiger partial charge is 1.00 e. The molecular formula is C10H15F3Zr. The molecule has 4 heteroatoms. The van der Waals surface area contributed by atoms with Crippen LogP contribution in [-0.2, 0) is 26.2 Å². The normalized spacial score (nSPS) is 16.8. The molecule has 1 aliphatic rings. The molecule has 0 aromatic heterocycles. The van der Waals surface area contributed by atoms with E-state index in [1.54, 1.807) is 0 Å². The Bertz CT molecular complexity index is 230. The molecule has 1 rings (SSSR count). The first-order valence-corrected chi connectivity index (χ1v) is 3.75. The Hall–Kier alpha value is 0.153. The predicted octanol–water partition coefficient (Wildman–Crippen LogP) is -5.88. The maximum absolute atomic E-state index is 3.44. The number of hydrogen-bond acceptors (Lipinski definition) is 0. The number of halogens is 3. The van der Waals surface area contributed by atoms with Crippen molar-refractivity contribution < 1.29 is 40.3 Å². The molecule has 0 amide bonds. The van der Waals surface area contributed by atoms with Crippen LogP contribution in [0.1, 0.15) is 34.6 Å². The van der Waals surface area contributed by atoms with Crippen LogP contribution in [0, 0.1) is 11.5 Å². The summed E-state index contributed by atoms with van der Waals surface area (Å²) in [7, 11) is 0. The van der Waals surface area contributed by atoms with Crippen molar-refractivity contribution >= 4 is 0 Å². The third kappa shape index (κ3) is 4.12.